The standard InChI is InChI=1S/C25H23FN2O4S/c1-3-15-32-21-10-6-8-19(22(21)31-2)25-28(24(30)18-7-4-5-9-20(18)29)27-23(33-25)16-11-13-17(26)14-12-16/h4-14,25,29H,3,15H2,1-2H3. The molecule has 1 atom stereocenters. The molecular formula is C25H23FN2O4S. The fourth-order valence-electron chi connectivity index (χ4n) is 3.44. The molecule has 1 unspecified atom stereocenters. The Kier molecular flexibility index (Phi) is 6.84. The van der Waals surface area contributed by atoms with Gasteiger partial charge in [0, 0.05) is 11.1 Å². The Hall–Kier alpha value is -3.52. The van der Waals surface area contributed by atoms with E-state index in [-0.39, 0.29) is 17.1 Å². The van der Waals surface area contributed by atoms with E-state index >= 15 is 0 Å². The monoisotopic (exact) mass is 466 g/mol. The lowest BCUT2D eigenvalue weighted by Gasteiger charge is -2.24. The molecule has 0 saturated carbocycles. The summed E-state index contributed by atoms with van der Waals surface area (Å²) in [5.41, 5.74) is 1.50. The summed E-state index contributed by atoms with van der Waals surface area (Å²) in [4.78, 5) is 13.5. The highest BCUT2D eigenvalue weighted by atomic mass is 32.2. The van der Waals surface area contributed by atoms with E-state index in [0.717, 1.165) is 6.42 Å². The fourth-order valence-corrected chi connectivity index (χ4v) is 4.62. The number of halogens is 1. The molecule has 1 aliphatic rings. The number of aromatic hydroxyl groups is 1. The molecule has 6 nitrogen and oxygen atoms in total. The van der Waals surface area contributed by atoms with Gasteiger partial charge < -0.3 is 14.6 Å². The van der Waals surface area contributed by atoms with Crippen molar-refractivity contribution in [3.8, 4) is 17.2 Å². The molecule has 3 aromatic carbocycles. The molecule has 8 heteroatoms. The summed E-state index contributed by atoms with van der Waals surface area (Å²) in [6.07, 6.45) is 0.835. The first-order chi connectivity index (χ1) is 16.0. The molecule has 4 rings (SSSR count). The van der Waals surface area contributed by atoms with Gasteiger partial charge in [0.15, 0.2) is 11.5 Å². The van der Waals surface area contributed by atoms with E-state index in [2.05, 4.69) is 5.10 Å². The van der Waals surface area contributed by atoms with Gasteiger partial charge in [0.2, 0.25) is 0 Å². The van der Waals surface area contributed by atoms with Crippen LogP contribution in [0.15, 0.2) is 71.8 Å². The molecule has 1 amide bonds. The van der Waals surface area contributed by atoms with Crippen molar-refractivity contribution in [3.63, 3.8) is 0 Å². The first-order valence-electron chi connectivity index (χ1n) is 10.5. The molecule has 0 aromatic heterocycles. The quantitative estimate of drug-likeness (QED) is 0.492. The summed E-state index contributed by atoms with van der Waals surface area (Å²) in [5.74, 6) is 0.119. The van der Waals surface area contributed by atoms with Crippen molar-refractivity contribution in [2.45, 2.75) is 18.7 Å². The lowest BCUT2D eigenvalue weighted by Crippen LogP contribution is -2.26. The molecule has 0 saturated heterocycles. The first-order valence-corrected chi connectivity index (χ1v) is 11.3. The average molecular weight is 467 g/mol. The minimum atomic E-state index is -0.586. The number of phenols is 1. The number of hydrazone groups is 1. The third-order valence-electron chi connectivity index (χ3n) is 5.02. The van der Waals surface area contributed by atoms with Crippen LogP contribution in [0.5, 0.6) is 17.2 Å². The maximum Gasteiger partial charge on any atom is 0.279 e. The van der Waals surface area contributed by atoms with Gasteiger partial charge in [-0.1, -0.05) is 43.0 Å². The van der Waals surface area contributed by atoms with Crippen LogP contribution < -0.4 is 9.47 Å². The van der Waals surface area contributed by atoms with E-state index in [1.807, 2.05) is 25.1 Å². The van der Waals surface area contributed by atoms with Gasteiger partial charge in [-0.05, 0) is 48.9 Å². The highest BCUT2D eigenvalue weighted by molar-refractivity contribution is 8.14. The first kappa shape index (κ1) is 22.7. The molecule has 0 bridgehead atoms. The summed E-state index contributed by atoms with van der Waals surface area (Å²) in [6.45, 7) is 2.54. The molecule has 0 radical (unpaired) electrons. The van der Waals surface area contributed by atoms with Gasteiger partial charge in [-0.2, -0.15) is 5.10 Å². The van der Waals surface area contributed by atoms with Gasteiger partial charge in [0.05, 0.1) is 19.3 Å². The second-order valence-electron chi connectivity index (χ2n) is 7.28. The van der Waals surface area contributed by atoms with Crippen LogP contribution in [0.3, 0.4) is 0 Å². The summed E-state index contributed by atoms with van der Waals surface area (Å²) in [6, 6.07) is 17.7. The number of phenolic OH excluding ortho intramolecular Hbond substituents is 1. The molecule has 1 heterocycles. The summed E-state index contributed by atoms with van der Waals surface area (Å²) < 4.78 is 25.0. The minimum absolute atomic E-state index is 0.129. The van der Waals surface area contributed by atoms with Crippen molar-refractivity contribution >= 4 is 22.7 Å². The van der Waals surface area contributed by atoms with Crippen molar-refractivity contribution in [2.24, 2.45) is 5.10 Å². The number of hydrogen-bond donors (Lipinski definition) is 1. The Morgan fingerprint density at radius 1 is 1.12 bits per heavy atom. The summed E-state index contributed by atoms with van der Waals surface area (Å²) in [7, 11) is 1.55. The number of methoxy groups -OCH3 is 1. The lowest BCUT2D eigenvalue weighted by atomic mass is 10.1. The maximum absolute atomic E-state index is 13.5. The van der Waals surface area contributed by atoms with Crippen LogP contribution in [-0.2, 0) is 0 Å². The normalized spacial score (nSPS) is 15.3. The van der Waals surface area contributed by atoms with Gasteiger partial charge in [-0.25, -0.2) is 9.40 Å². The number of thioether (sulfide) groups is 1. The SMILES string of the molecule is CCCOc1cccc(C2SC(c3ccc(F)cc3)=NN2C(=O)c2ccccc2O)c1OC. The minimum Gasteiger partial charge on any atom is -0.507 e. The lowest BCUT2D eigenvalue weighted by molar-refractivity contribution is 0.0744. The van der Waals surface area contributed by atoms with Crippen LogP contribution in [0.25, 0.3) is 0 Å². The van der Waals surface area contributed by atoms with Crippen LogP contribution in [-0.4, -0.2) is 34.8 Å². The molecule has 0 aliphatic carbocycles. The van der Waals surface area contributed by atoms with Crippen LogP contribution in [0.2, 0.25) is 0 Å². The number of rotatable bonds is 7. The zero-order chi connectivity index (χ0) is 23.4. The molecule has 0 spiro atoms. The average Bonchev–Trinajstić information content (AvgIpc) is 3.28. The smallest absolute Gasteiger partial charge is 0.279 e. The zero-order valence-electron chi connectivity index (χ0n) is 18.2. The molecule has 0 fully saturated rings. The fraction of sp³-hybridized carbons (Fsp3) is 0.200. The number of hydrogen-bond acceptors (Lipinski definition) is 6. The Morgan fingerprint density at radius 2 is 1.88 bits per heavy atom. The van der Waals surface area contributed by atoms with Crippen molar-refractivity contribution in [1.82, 2.24) is 5.01 Å². The topological polar surface area (TPSA) is 71.4 Å². The number of nitrogens with zero attached hydrogens (tertiary/aromatic N) is 2. The van der Waals surface area contributed by atoms with Crippen LogP contribution in [0.4, 0.5) is 4.39 Å². The van der Waals surface area contributed by atoms with Crippen molar-refractivity contribution in [1.29, 1.82) is 0 Å². The van der Waals surface area contributed by atoms with E-state index in [0.29, 0.717) is 34.3 Å². The molecule has 3 aromatic rings. The second-order valence-corrected chi connectivity index (χ2v) is 8.35. The van der Waals surface area contributed by atoms with Crippen LogP contribution in [0, 0.1) is 5.82 Å². The van der Waals surface area contributed by atoms with E-state index in [9.17, 15) is 14.3 Å². The third-order valence-corrected chi connectivity index (χ3v) is 6.24. The largest absolute Gasteiger partial charge is 0.507 e. The van der Waals surface area contributed by atoms with Crippen molar-refractivity contribution < 1.29 is 23.8 Å². The molecule has 1 N–H and O–H groups in total. The van der Waals surface area contributed by atoms with E-state index < -0.39 is 11.3 Å². The molecule has 33 heavy (non-hydrogen) atoms. The number of ether oxygens (including phenoxy) is 2. The van der Waals surface area contributed by atoms with E-state index in [1.165, 1.54) is 35.0 Å². The molecule has 1 aliphatic heterocycles. The van der Waals surface area contributed by atoms with Gasteiger partial charge in [0.1, 0.15) is 22.0 Å². The van der Waals surface area contributed by atoms with Crippen LogP contribution in [0.1, 0.15) is 40.2 Å². The number of carbonyl (C=O) groups excluding carboxylic acids is 1. The van der Waals surface area contributed by atoms with Gasteiger partial charge in [0.25, 0.3) is 5.91 Å². The third kappa shape index (κ3) is 4.66. The predicted molar refractivity (Wildman–Crippen MR) is 126 cm³/mol. The highest BCUT2D eigenvalue weighted by Gasteiger charge is 2.37. The van der Waals surface area contributed by atoms with E-state index in [4.69, 9.17) is 9.47 Å². The van der Waals surface area contributed by atoms with Gasteiger partial charge in [-0.3, -0.25) is 4.79 Å². The predicted octanol–water partition coefficient (Wildman–Crippen LogP) is 5.58. The number of para-hydroxylation sites is 2. The Labute approximate surface area is 195 Å². The summed E-state index contributed by atoms with van der Waals surface area (Å²) in [5, 5.41) is 16.1. The Morgan fingerprint density at radius 3 is 2.58 bits per heavy atom. The molecule has 170 valence electrons. The van der Waals surface area contributed by atoms with Gasteiger partial charge in [-0.15, -0.1) is 0 Å². The highest BCUT2D eigenvalue weighted by Crippen LogP contribution is 2.47. The Bertz CT molecular complexity index is 1180. The maximum atomic E-state index is 13.5. The van der Waals surface area contributed by atoms with Gasteiger partial charge >= 0.3 is 0 Å². The van der Waals surface area contributed by atoms with Crippen LogP contribution >= 0.6 is 11.8 Å². The second kappa shape index (κ2) is 9.95. The van der Waals surface area contributed by atoms with Crippen molar-refractivity contribution in [2.75, 3.05) is 13.7 Å². The number of carbonyl (C=O) groups is 1. The Balaban J connectivity index is 1.78. The molecular weight excluding hydrogens is 443 g/mol. The zero-order valence-corrected chi connectivity index (χ0v) is 19.0. The number of amides is 1. The van der Waals surface area contributed by atoms with E-state index in [1.54, 1.807) is 37.4 Å². The summed E-state index contributed by atoms with van der Waals surface area (Å²) >= 11 is 1.34. The number of benzene rings is 3. The van der Waals surface area contributed by atoms with Crippen molar-refractivity contribution in [3.05, 3.63) is 89.2 Å².